The third kappa shape index (κ3) is 2.89. The predicted octanol–water partition coefficient (Wildman–Crippen LogP) is 5.22. The first-order chi connectivity index (χ1) is 9.72. The van der Waals surface area contributed by atoms with Gasteiger partial charge < -0.3 is 0 Å². The average molecular weight is 346 g/mol. The van der Waals surface area contributed by atoms with E-state index in [4.69, 9.17) is 11.6 Å². The quantitative estimate of drug-likeness (QED) is 0.595. The third-order valence-electron chi connectivity index (χ3n) is 2.87. The fourth-order valence-corrected chi connectivity index (χ4v) is 2.38. The van der Waals surface area contributed by atoms with E-state index in [0.717, 1.165) is 20.9 Å². The molecule has 3 rings (SSSR count). The molecule has 4 heteroatoms. The van der Waals surface area contributed by atoms with E-state index in [2.05, 4.69) is 25.9 Å². The van der Waals surface area contributed by atoms with Crippen LogP contribution in [0.1, 0.15) is 11.4 Å². The van der Waals surface area contributed by atoms with Crippen LogP contribution in [0.3, 0.4) is 0 Å². The van der Waals surface area contributed by atoms with Crippen molar-refractivity contribution in [2.75, 3.05) is 0 Å². The highest BCUT2D eigenvalue weighted by molar-refractivity contribution is 9.10. The maximum absolute atomic E-state index is 6.17. The Morgan fingerprint density at radius 3 is 2.45 bits per heavy atom. The molecule has 0 saturated carbocycles. The second-order valence-corrected chi connectivity index (χ2v) is 5.55. The van der Waals surface area contributed by atoms with Gasteiger partial charge in [0.1, 0.15) is 5.15 Å². The maximum Gasteiger partial charge on any atom is 0.154 e. The van der Waals surface area contributed by atoms with Gasteiger partial charge in [-0.15, -0.1) is 0 Å². The number of benzene rings is 2. The first-order valence-corrected chi connectivity index (χ1v) is 7.25. The molecule has 3 aromatic rings. The second kappa shape index (κ2) is 5.73. The number of hydrogen-bond donors (Lipinski definition) is 0. The summed E-state index contributed by atoms with van der Waals surface area (Å²) in [6, 6.07) is 15.7. The Bertz CT molecular complexity index is 782. The largest absolute Gasteiger partial charge is 0.229 e. The van der Waals surface area contributed by atoms with Gasteiger partial charge in [-0.2, -0.15) is 0 Å². The van der Waals surface area contributed by atoms with Crippen molar-refractivity contribution in [1.82, 2.24) is 9.97 Å². The Kier molecular flexibility index (Phi) is 3.81. The summed E-state index contributed by atoms with van der Waals surface area (Å²) in [5.74, 6) is 0.608. The summed E-state index contributed by atoms with van der Waals surface area (Å²) in [7, 11) is 0. The Morgan fingerprint density at radius 2 is 1.65 bits per heavy atom. The minimum absolute atomic E-state index is 0.478. The summed E-state index contributed by atoms with van der Waals surface area (Å²) in [5, 5.41) is 1.35. The van der Waals surface area contributed by atoms with E-state index in [0.29, 0.717) is 11.0 Å². The molecule has 20 heavy (non-hydrogen) atoms. The van der Waals surface area contributed by atoms with Gasteiger partial charge in [0.05, 0.1) is 5.52 Å². The van der Waals surface area contributed by atoms with Crippen molar-refractivity contribution in [3.63, 3.8) is 0 Å². The van der Waals surface area contributed by atoms with E-state index in [1.54, 1.807) is 0 Å². The van der Waals surface area contributed by atoms with Crippen LogP contribution in [-0.2, 0) is 0 Å². The highest BCUT2D eigenvalue weighted by Crippen LogP contribution is 2.20. The Morgan fingerprint density at radius 1 is 0.900 bits per heavy atom. The highest BCUT2D eigenvalue weighted by atomic mass is 79.9. The maximum atomic E-state index is 6.17. The zero-order valence-corrected chi connectivity index (χ0v) is 12.8. The zero-order chi connectivity index (χ0) is 13.9. The topological polar surface area (TPSA) is 25.8 Å². The summed E-state index contributed by atoms with van der Waals surface area (Å²) in [6.45, 7) is 0. The van der Waals surface area contributed by atoms with Gasteiger partial charge in [-0.1, -0.05) is 57.9 Å². The van der Waals surface area contributed by atoms with Crippen LogP contribution >= 0.6 is 27.5 Å². The Hall–Kier alpha value is -1.71. The molecule has 0 unspecified atom stereocenters. The third-order valence-corrected chi connectivity index (χ3v) is 3.69. The van der Waals surface area contributed by atoms with Gasteiger partial charge in [-0.3, -0.25) is 0 Å². The van der Waals surface area contributed by atoms with E-state index in [-0.39, 0.29) is 0 Å². The Labute approximate surface area is 130 Å². The van der Waals surface area contributed by atoms with Crippen LogP contribution in [0.4, 0.5) is 0 Å². The van der Waals surface area contributed by atoms with Crippen LogP contribution in [0.2, 0.25) is 5.15 Å². The van der Waals surface area contributed by atoms with Crippen LogP contribution in [0.5, 0.6) is 0 Å². The van der Waals surface area contributed by atoms with Crippen molar-refractivity contribution in [3.05, 3.63) is 69.5 Å². The van der Waals surface area contributed by atoms with Crippen LogP contribution in [0, 0.1) is 0 Å². The van der Waals surface area contributed by atoms with Crippen molar-refractivity contribution in [3.8, 4) is 0 Å². The van der Waals surface area contributed by atoms with Gasteiger partial charge >= 0.3 is 0 Å². The van der Waals surface area contributed by atoms with Crippen LogP contribution in [0.25, 0.3) is 23.1 Å². The molecule has 0 amide bonds. The first kappa shape index (κ1) is 13.3. The highest BCUT2D eigenvalue weighted by Gasteiger charge is 2.02. The molecule has 0 aliphatic heterocycles. The summed E-state index contributed by atoms with van der Waals surface area (Å²) < 4.78 is 1.06. The minimum Gasteiger partial charge on any atom is -0.229 e. The summed E-state index contributed by atoms with van der Waals surface area (Å²) in [4.78, 5) is 8.77. The predicted molar refractivity (Wildman–Crippen MR) is 87.6 cm³/mol. The van der Waals surface area contributed by atoms with E-state index >= 15 is 0 Å². The molecule has 2 nitrogen and oxygen atoms in total. The Balaban J connectivity index is 1.96. The molecule has 1 aromatic heterocycles. The number of hydrogen-bond acceptors (Lipinski definition) is 2. The molecular weight excluding hydrogens is 336 g/mol. The number of aromatic nitrogens is 2. The SMILES string of the molecule is Clc1nc(/C=C/c2ccc(Br)cc2)nc2ccccc12. The molecule has 0 aliphatic carbocycles. The van der Waals surface area contributed by atoms with Crippen LogP contribution in [-0.4, -0.2) is 9.97 Å². The molecule has 0 atom stereocenters. The van der Waals surface area contributed by atoms with Crippen molar-refractivity contribution in [2.45, 2.75) is 0 Å². The molecule has 2 aromatic carbocycles. The second-order valence-electron chi connectivity index (χ2n) is 4.27. The molecule has 1 heterocycles. The molecule has 0 aliphatic rings. The van der Waals surface area contributed by atoms with Crippen LogP contribution in [0.15, 0.2) is 53.0 Å². The fraction of sp³-hybridized carbons (Fsp3) is 0. The lowest BCUT2D eigenvalue weighted by Crippen LogP contribution is -1.90. The van der Waals surface area contributed by atoms with Gasteiger partial charge in [0, 0.05) is 9.86 Å². The molecule has 0 radical (unpaired) electrons. The molecule has 0 bridgehead atoms. The van der Waals surface area contributed by atoms with Gasteiger partial charge in [-0.25, -0.2) is 9.97 Å². The van der Waals surface area contributed by atoms with Gasteiger partial charge in [0.2, 0.25) is 0 Å². The lowest BCUT2D eigenvalue weighted by atomic mass is 10.2. The van der Waals surface area contributed by atoms with E-state index in [1.165, 1.54) is 0 Å². The minimum atomic E-state index is 0.478. The first-order valence-electron chi connectivity index (χ1n) is 6.08. The van der Waals surface area contributed by atoms with Crippen molar-refractivity contribution in [1.29, 1.82) is 0 Å². The summed E-state index contributed by atoms with van der Waals surface area (Å²) in [6.07, 6.45) is 3.83. The summed E-state index contributed by atoms with van der Waals surface area (Å²) in [5.41, 5.74) is 1.93. The van der Waals surface area contributed by atoms with Crippen molar-refractivity contribution in [2.24, 2.45) is 0 Å². The molecule has 0 fully saturated rings. The van der Waals surface area contributed by atoms with E-state index in [9.17, 15) is 0 Å². The average Bonchev–Trinajstić information content (AvgIpc) is 2.47. The van der Waals surface area contributed by atoms with E-state index < -0.39 is 0 Å². The summed E-state index contributed by atoms with van der Waals surface area (Å²) >= 11 is 9.59. The number of fused-ring (bicyclic) bond motifs is 1. The normalized spacial score (nSPS) is 11.3. The fourth-order valence-electron chi connectivity index (χ4n) is 1.87. The number of rotatable bonds is 2. The van der Waals surface area contributed by atoms with Gasteiger partial charge in [-0.05, 0) is 35.9 Å². The van der Waals surface area contributed by atoms with Gasteiger partial charge in [0.15, 0.2) is 5.82 Å². The lowest BCUT2D eigenvalue weighted by molar-refractivity contribution is 1.19. The zero-order valence-electron chi connectivity index (χ0n) is 10.4. The van der Waals surface area contributed by atoms with E-state index in [1.807, 2.05) is 60.7 Å². The molecular formula is C16H10BrClN2. The van der Waals surface area contributed by atoms with Crippen LogP contribution < -0.4 is 0 Å². The monoisotopic (exact) mass is 344 g/mol. The molecule has 0 saturated heterocycles. The number of halogens is 2. The number of nitrogens with zero attached hydrogens (tertiary/aromatic N) is 2. The van der Waals surface area contributed by atoms with Crippen molar-refractivity contribution < 1.29 is 0 Å². The van der Waals surface area contributed by atoms with Crippen molar-refractivity contribution >= 4 is 50.6 Å². The molecule has 98 valence electrons. The number of para-hydroxylation sites is 1. The molecule has 0 spiro atoms. The molecule has 0 N–H and O–H groups in total. The lowest BCUT2D eigenvalue weighted by Gasteiger charge is -2.00. The van der Waals surface area contributed by atoms with Gasteiger partial charge in [0.25, 0.3) is 0 Å². The standard InChI is InChI=1S/C16H10BrClN2/c17-12-8-5-11(6-9-12)7-10-15-19-14-4-2-1-3-13(14)16(18)20-15/h1-10H/b10-7+. The smallest absolute Gasteiger partial charge is 0.154 e.